The van der Waals surface area contributed by atoms with Crippen molar-refractivity contribution in [3.63, 3.8) is 0 Å². The lowest BCUT2D eigenvalue weighted by molar-refractivity contribution is 0.834. The fourth-order valence-corrected chi connectivity index (χ4v) is 4.24. The predicted molar refractivity (Wildman–Crippen MR) is 119 cm³/mol. The topological polar surface area (TPSA) is 108 Å². The minimum Gasteiger partial charge on any atom is -0.304 e. The molecular weight excluding hydrogens is 400 g/mol. The zero-order valence-corrected chi connectivity index (χ0v) is 17.0. The molecule has 0 spiro atoms. The van der Waals surface area contributed by atoms with Gasteiger partial charge in [-0.25, -0.2) is 19.9 Å². The zero-order chi connectivity index (χ0) is 21.8. The van der Waals surface area contributed by atoms with Crippen LogP contribution in [0.4, 0.5) is 0 Å². The van der Waals surface area contributed by atoms with Crippen LogP contribution >= 0.6 is 0 Å². The summed E-state index contributed by atoms with van der Waals surface area (Å²) in [5.41, 5.74) is 5.23. The normalized spacial score (nSPS) is 11.3. The van der Waals surface area contributed by atoms with Crippen LogP contribution in [0, 0.1) is 29.6 Å². The summed E-state index contributed by atoms with van der Waals surface area (Å²) < 4.78 is 3.94. The number of hydrogen-bond acceptors (Lipinski definition) is 6. The van der Waals surface area contributed by atoms with Gasteiger partial charge in [-0.3, -0.25) is 4.40 Å². The largest absolute Gasteiger partial charge is 0.304 e. The molecule has 0 aliphatic heterocycles. The summed E-state index contributed by atoms with van der Waals surface area (Å²) in [7, 11) is 0. The van der Waals surface area contributed by atoms with Gasteiger partial charge in [0.15, 0.2) is 22.7 Å². The van der Waals surface area contributed by atoms with E-state index >= 15 is 0 Å². The Bertz CT molecular complexity index is 1780. The molecule has 0 fully saturated rings. The minimum atomic E-state index is -0.00593. The van der Waals surface area contributed by atoms with Crippen molar-refractivity contribution in [1.82, 2.24) is 28.9 Å². The molecule has 0 saturated carbocycles. The predicted octanol–water partition coefficient (Wildman–Crippen LogP) is 3.88. The third-order valence-corrected chi connectivity index (χ3v) is 5.62. The maximum Gasteiger partial charge on any atom is 0.179 e. The second-order valence-corrected chi connectivity index (χ2v) is 7.51. The summed E-state index contributed by atoms with van der Waals surface area (Å²) in [5, 5.41) is 19.8. The number of rotatable bonds is 2. The average molecular weight is 414 g/mol. The maximum atomic E-state index is 9.55. The van der Waals surface area contributed by atoms with Crippen LogP contribution in [-0.4, -0.2) is 28.9 Å². The maximum absolute atomic E-state index is 9.55. The van der Waals surface area contributed by atoms with Crippen molar-refractivity contribution >= 4 is 38.9 Å². The quantitative estimate of drug-likeness (QED) is 0.425. The summed E-state index contributed by atoms with van der Waals surface area (Å²) in [4.78, 5) is 18.8. The van der Waals surface area contributed by atoms with E-state index in [1.54, 1.807) is 0 Å². The molecule has 0 aliphatic carbocycles. The molecule has 0 unspecified atom stereocenters. The molecule has 6 aromatic rings. The van der Waals surface area contributed by atoms with Gasteiger partial charge in [-0.05, 0) is 24.6 Å². The Hall–Kier alpha value is -4.82. The van der Waals surface area contributed by atoms with E-state index in [0.29, 0.717) is 34.4 Å². The van der Waals surface area contributed by atoms with Crippen LogP contribution in [0.5, 0.6) is 0 Å². The number of aromatic nitrogens is 6. The van der Waals surface area contributed by atoms with E-state index in [-0.39, 0.29) is 11.4 Å². The van der Waals surface area contributed by atoms with Gasteiger partial charge < -0.3 is 4.57 Å². The van der Waals surface area contributed by atoms with Crippen molar-refractivity contribution < 1.29 is 0 Å². The second-order valence-electron chi connectivity index (χ2n) is 7.51. The van der Waals surface area contributed by atoms with Gasteiger partial charge in [-0.15, -0.1) is 0 Å². The molecule has 8 heteroatoms. The van der Waals surface area contributed by atoms with Gasteiger partial charge in [0.25, 0.3) is 0 Å². The molecule has 0 N–H and O–H groups in total. The van der Waals surface area contributed by atoms with Gasteiger partial charge in [-0.1, -0.05) is 42.5 Å². The summed E-state index contributed by atoms with van der Waals surface area (Å²) in [6.07, 6.45) is 0. The van der Waals surface area contributed by atoms with E-state index in [9.17, 15) is 10.5 Å². The summed E-state index contributed by atoms with van der Waals surface area (Å²) >= 11 is 0. The highest BCUT2D eigenvalue weighted by molar-refractivity contribution is 6.11. The van der Waals surface area contributed by atoms with Crippen LogP contribution in [0.3, 0.4) is 0 Å². The van der Waals surface area contributed by atoms with Crippen LogP contribution in [-0.2, 0) is 6.54 Å². The fraction of sp³-hybridized carbons (Fsp3) is 0.0833. The highest BCUT2D eigenvalue weighted by atomic mass is 15.2. The first kappa shape index (κ1) is 18.0. The molecule has 2 aromatic carbocycles. The van der Waals surface area contributed by atoms with Gasteiger partial charge in [0.2, 0.25) is 0 Å². The van der Waals surface area contributed by atoms with Gasteiger partial charge in [0.1, 0.15) is 29.1 Å². The van der Waals surface area contributed by atoms with Gasteiger partial charge in [0.05, 0.1) is 23.0 Å². The fourth-order valence-electron chi connectivity index (χ4n) is 4.24. The number of fused-ring (bicyclic) bond motifs is 7. The molecule has 4 aromatic heterocycles. The Morgan fingerprint density at radius 1 is 0.781 bits per heavy atom. The van der Waals surface area contributed by atoms with Crippen LogP contribution in [0.1, 0.15) is 22.8 Å². The Balaban J connectivity index is 1.83. The van der Waals surface area contributed by atoms with E-state index < -0.39 is 0 Å². The first-order valence-electron chi connectivity index (χ1n) is 10.0. The highest BCUT2D eigenvalue weighted by Crippen LogP contribution is 2.32. The molecule has 4 heterocycles. The molecule has 0 saturated heterocycles. The Morgan fingerprint density at radius 2 is 1.50 bits per heavy atom. The lowest BCUT2D eigenvalue weighted by atomic mass is 10.2. The highest BCUT2D eigenvalue weighted by Gasteiger charge is 2.23. The summed E-state index contributed by atoms with van der Waals surface area (Å²) in [6.45, 7) is 2.43. The Morgan fingerprint density at radius 3 is 2.28 bits per heavy atom. The number of imidazole rings is 1. The number of nitrogens with zero attached hydrogens (tertiary/aromatic N) is 8. The Kier molecular flexibility index (Phi) is 3.71. The number of aryl methyl sites for hydroxylation is 1. The molecule has 32 heavy (non-hydrogen) atoms. The van der Waals surface area contributed by atoms with Crippen molar-refractivity contribution in [3.8, 4) is 12.1 Å². The minimum absolute atomic E-state index is 0.00152. The van der Waals surface area contributed by atoms with E-state index in [0.717, 1.165) is 22.4 Å². The standard InChI is InChI=1S/C24H14N8/c1-14-27-22-20(23-29-16-9-5-6-10-19(16)32(14)23)21-24(30-18(12-26)17(11-25)28-21)31(22)13-15-7-3-2-4-8-15/h2-10H,13H2,1H3. The van der Waals surface area contributed by atoms with Gasteiger partial charge in [-0.2, -0.15) is 10.5 Å². The van der Waals surface area contributed by atoms with Gasteiger partial charge >= 0.3 is 0 Å². The van der Waals surface area contributed by atoms with Crippen LogP contribution < -0.4 is 0 Å². The number of hydrogen-bond donors (Lipinski definition) is 0. The van der Waals surface area contributed by atoms with Crippen LogP contribution in [0.15, 0.2) is 54.6 Å². The first-order valence-corrected chi connectivity index (χ1v) is 10.0. The van der Waals surface area contributed by atoms with Crippen LogP contribution in [0.25, 0.3) is 38.9 Å². The van der Waals surface area contributed by atoms with Crippen molar-refractivity contribution in [1.29, 1.82) is 10.5 Å². The average Bonchev–Trinajstić information content (AvgIpc) is 3.35. The monoisotopic (exact) mass is 414 g/mol. The number of para-hydroxylation sites is 2. The lowest BCUT2D eigenvalue weighted by Crippen LogP contribution is -2.05. The molecule has 0 amide bonds. The first-order chi connectivity index (χ1) is 15.7. The van der Waals surface area contributed by atoms with Crippen molar-refractivity contribution in [2.75, 3.05) is 0 Å². The summed E-state index contributed by atoms with van der Waals surface area (Å²) in [6, 6.07) is 21.8. The number of nitriles is 2. The molecule has 8 nitrogen and oxygen atoms in total. The molecule has 0 aliphatic rings. The SMILES string of the molecule is Cc1nc2c(c3nc(C#N)c(C#N)nc3n2Cc2ccccc2)c2nc3ccccc3n12. The Labute approximate surface area is 181 Å². The molecule has 0 radical (unpaired) electrons. The van der Waals surface area contributed by atoms with Crippen molar-refractivity contribution in [3.05, 3.63) is 77.4 Å². The lowest BCUT2D eigenvalue weighted by Gasteiger charge is -2.08. The molecule has 6 rings (SSSR count). The van der Waals surface area contributed by atoms with E-state index in [4.69, 9.17) is 9.97 Å². The molecule has 0 atom stereocenters. The molecule has 150 valence electrons. The van der Waals surface area contributed by atoms with E-state index in [2.05, 4.69) is 9.97 Å². The number of benzene rings is 2. The van der Waals surface area contributed by atoms with E-state index in [1.165, 1.54) is 0 Å². The third-order valence-electron chi connectivity index (χ3n) is 5.62. The molecule has 0 bridgehead atoms. The zero-order valence-electron chi connectivity index (χ0n) is 17.0. The van der Waals surface area contributed by atoms with Crippen molar-refractivity contribution in [2.24, 2.45) is 0 Å². The smallest absolute Gasteiger partial charge is 0.179 e. The summed E-state index contributed by atoms with van der Waals surface area (Å²) in [5.74, 6) is 0.777. The van der Waals surface area contributed by atoms with E-state index in [1.807, 2.05) is 82.6 Å². The van der Waals surface area contributed by atoms with Gasteiger partial charge in [0, 0.05) is 0 Å². The second kappa shape index (κ2) is 6.59. The molecular formula is C24H14N8. The van der Waals surface area contributed by atoms with Crippen LogP contribution in [0.2, 0.25) is 0 Å². The van der Waals surface area contributed by atoms with Crippen molar-refractivity contribution in [2.45, 2.75) is 13.5 Å². The third kappa shape index (κ3) is 2.41.